The van der Waals surface area contributed by atoms with Gasteiger partial charge in [-0.3, -0.25) is 24.2 Å². The third kappa shape index (κ3) is 4.20. The number of benzene rings is 2. The van der Waals surface area contributed by atoms with Crippen LogP contribution in [0.2, 0.25) is 0 Å². The number of carbonyl (C=O) groups is 3. The molecule has 0 aromatic heterocycles. The van der Waals surface area contributed by atoms with Crippen LogP contribution in [0.1, 0.15) is 60.5 Å². The third-order valence-electron chi connectivity index (χ3n) is 7.43. The summed E-state index contributed by atoms with van der Waals surface area (Å²) in [5, 5.41) is 2.98. The summed E-state index contributed by atoms with van der Waals surface area (Å²) < 4.78 is 0. The summed E-state index contributed by atoms with van der Waals surface area (Å²) in [5.41, 5.74) is 2.82. The van der Waals surface area contributed by atoms with E-state index in [0.717, 1.165) is 12.1 Å². The Hall–Kier alpha value is -3.19. The second kappa shape index (κ2) is 9.22. The Bertz CT molecular complexity index is 1090. The number of hydrogen-bond donors (Lipinski definition) is 1. The van der Waals surface area contributed by atoms with Gasteiger partial charge in [-0.2, -0.15) is 0 Å². The van der Waals surface area contributed by atoms with E-state index >= 15 is 0 Å². The van der Waals surface area contributed by atoms with Gasteiger partial charge in [-0.25, -0.2) is 0 Å². The van der Waals surface area contributed by atoms with Crippen molar-refractivity contribution >= 4 is 23.4 Å². The van der Waals surface area contributed by atoms with E-state index in [1.165, 1.54) is 31.5 Å². The van der Waals surface area contributed by atoms with E-state index < -0.39 is 5.66 Å². The molecule has 2 fully saturated rings. The number of nitrogens with zero attached hydrogens (tertiary/aromatic N) is 3. The van der Waals surface area contributed by atoms with Gasteiger partial charge in [0.15, 0.2) is 0 Å². The predicted molar refractivity (Wildman–Crippen MR) is 130 cm³/mol. The van der Waals surface area contributed by atoms with Crippen molar-refractivity contribution in [3.63, 3.8) is 0 Å². The molecule has 178 valence electrons. The number of likely N-dealkylation sites (tertiary alicyclic amines) is 1. The summed E-state index contributed by atoms with van der Waals surface area (Å²) in [6.45, 7) is 5.99. The van der Waals surface area contributed by atoms with Crippen molar-refractivity contribution in [1.82, 2.24) is 15.1 Å². The monoisotopic (exact) mass is 460 g/mol. The summed E-state index contributed by atoms with van der Waals surface area (Å²) in [5.74, 6) is -0.206. The molecule has 0 spiro atoms. The van der Waals surface area contributed by atoms with E-state index in [1.807, 2.05) is 19.1 Å². The zero-order valence-corrected chi connectivity index (χ0v) is 19.8. The minimum Gasteiger partial charge on any atom is -0.352 e. The number of para-hydroxylation sites is 1. The van der Waals surface area contributed by atoms with Gasteiger partial charge in [0.2, 0.25) is 11.8 Å². The lowest BCUT2D eigenvalue weighted by molar-refractivity contribution is -0.121. The van der Waals surface area contributed by atoms with Crippen molar-refractivity contribution in [2.45, 2.75) is 57.8 Å². The van der Waals surface area contributed by atoms with Gasteiger partial charge in [-0.15, -0.1) is 0 Å². The highest BCUT2D eigenvalue weighted by atomic mass is 16.2. The van der Waals surface area contributed by atoms with Gasteiger partial charge >= 0.3 is 0 Å². The second-order valence-electron chi connectivity index (χ2n) is 9.75. The van der Waals surface area contributed by atoms with E-state index in [-0.39, 0.29) is 30.7 Å². The van der Waals surface area contributed by atoms with Crippen LogP contribution in [-0.2, 0) is 22.7 Å². The van der Waals surface area contributed by atoms with Crippen molar-refractivity contribution in [3.05, 3.63) is 65.2 Å². The van der Waals surface area contributed by atoms with Gasteiger partial charge < -0.3 is 10.2 Å². The topological polar surface area (TPSA) is 73.0 Å². The molecular weight excluding hydrogens is 428 g/mol. The van der Waals surface area contributed by atoms with Crippen LogP contribution in [0, 0.1) is 0 Å². The molecule has 3 amide bonds. The molecule has 1 N–H and O–H groups in total. The molecule has 2 saturated heterocycles. The molecule has 3 heterocycles. The summed E-state index contributed by atoms with van der Waals surface area (Å²) in [6.07, 6.45) is 3.73. The maximum absolute atomic E-state index is 13.3. The van der Waals surface area contributed by atoms with Crippen molar-refractivity contribution in [2.24, 2.45) is 0 Å². The van der Waals surface area contributed by atoms with Gasteiger partial charge in [-0.05, 0) is 62.5 Å². The molecular formula is C27H32N4O3. The van der Waals surface area contributed by atoms with Crippen LogP contribution in [0.5, 0.6) is 0 Å². The van der Waals surface area contributed by atoms with Gasteiger partial charge in [0.1, 0.15) is 5.66 Å². The fourth-order valence-electron chi connectivity index (χ4n) is 5.51. The molecule has 2 aromatic rings. The highest BCUT2D eigenvalue weighted by Gasteiger charge is 2.52. The summed E-state index contributed by atoms with van der Waals surface area (Å²) in [6, 6.07) is 15.6. The first-order chi connectivity index (χ1) is 16.5. The van der Waals surface area contributed by atoms with Crippen LogP contribution < -0.4 is 10.2 Å². The van der Waals surface area contributed by atoms with Crippen molar-refractivity contribution in [3.8, 4) is 0 Å². The Kier molecular flexibility index (Phi) is 6.13. The Morgan fingerprint density at radius 3 is 2.47 bits per heavy atom. The van der Waals surface area contributed by atoms with Gasteiger partial charge in [0.25, 0.3) is 5.91 Å². The van der Waals surface area contributed by atoms with Gasteiger partial charge in [0.05, 0.1) is 11.3 Å². The normalized spacial score (nSPS) is 22.1. The van der Waals surface area contributed by atoms with Crippen LogP contribution in [0.3, 0.4) is 0 Å². The van der Waals surface area contributed by atoms with Crippen LogP contribution >= 0.6 is 0 Å². The average Bonchev–Trinajstić information content (AvgIpc) is 3.46. The molecule has 3 aliphatic rings. The smallest absolute Gasteiger partial charge is 0.257 e. The van der Waals surface area contributed by atoms with Crippen LogP contribution in [0.15, 0.2) is 48.5 Å². The first kappa shape index (κ1) is 22.6. The van der Waals surface area contributed by atoms with Crippen molar-refractivity contribution < 1.29 is 14.4 Å². The number of amides is 3. The van der Waals surface area contributed by atoms with E-state index in [4.69, 9.17) is 0 Å². The summed E-state index contributed by atoms with van der Waals surface area (Å²) in [7, 11) is 0. The minimum absolute atomic E-state index is 0.0186. The SMILES string of the molecule is CC12CCC(=O)N1c1ccccc1C(=O)N2CCC(=O)NCc1ccc(CN2CCCC2)cc1. The van der Waals surface area contributed by atoms with E-state index in [0.29, 0.717) is 30.6 Å². The van der Waals surface area contributed by atoms with Crippen molar-refractivity contribution in [1.29, 1.82) is 0 Å². The first-order valence-electron chi connectivity index (χ1n) is 12.3. The Morgan fingerprint density at radius 2 is 1.71 bits per heavy atom. The van der Waals surface area contributed by atoms with Crippen molar-refractivity contribution in [2.75, 3.05) is 24.5 Å². The number of fused-ring (bicyclic) bond motifs is 3. The highest BCUT2D eigenvalue weighted by Crippen LogP contribution is 2.43. The molecule has 0 aliphatic carbocycles. The largest absolute Gasteiger partial charge is 0.352 e. The summed E-state index contributed by atoms with van der Waals surface area (Å²) >= 11 is 0. The number of hydrogen-bond acceptors (Lipinski definition) is 4. The maximum atomic E-state index is 13.3. The van der Waals surface area contributed by atoms with Gasteiger partial charge in [0, 0.05) is 32.5 Å². The van der Waals surface area contributed by atoms with Crippen LogP contribution in [0.4, 0.5) is 5.69 Å². The Balaban J connectivity index is 1.18. The minimum atomic E-state index is -0.728. The predicted octanol–water partition coefficient (Wildman–Crippen LogP) is 3.29. The summed E-state index contributed by atoms with van der Waals surface area (Å²) in [4.78, 5) is 44.5. The second-order valence-corrected chi connectivity index (χ2v) is 9.75. The molecule has 0 radical (unpaired) electrons. The number of rotatable bonds is 7. The lowest BCUT2D eigenvalue weighted by Crippen LogP contribution is -2.62. The third-order valence-corrected chi connectivity index (χ3v) is 7.43. The molecule has 34 heavy (non-hydrogen) atoms. The fourth-order valence-corrected chi connectivity index (χ4v) is 5.51. The molecule has 7 nitrogen and oxygen atoms in total. The zero-order chi connectivity index (χ0) is 23.7. The maximum Gasteiger partial charge on any atom is 0.257 e. The number of anilines is 1. The highest BCUT2D eigenvalue weighted by molar-refractivity contribution is 6.10. The quantitative estimate of drug-likeness (QED) is 0.688. The first-order valence-corrected chi connectivity index (χ1v) is 12.3. The molecule has 1 unspecified atom stereocenters. The van der Waals surface area contributed by atoms with Crippen LogP contribution in [0.25, 0.3) is 0 Å². The van der Waals surface area contributed by atoms with E-state index in [2.05, 4.69) is 34.5 Å². The molecule has 2 aromatic carbocycles. The van der Waals surface area contributed by atoms with E-state index in [9.17, 15) is 14.4 Å². The molecule has 0 saturated carbocycles. The molecule has 3 aliphatic heterocycles. The van der Waals surface area contributed by atoms with Crippen LogP contribution in [-0.4, -0.2) is 52.8 Å². The fraction of sp³-hybridized carbons (Fsp3) is 0.444. The molecule has 7 heteroatoms. The molecule has 1 atom stereocenters. The van der Waals surface area contributed by atoms with Gasteiger partial charge in [-0.1, -0.05) is 36.4 Å². The standard InChI is InChI=1S/C27H32N4O3/c1-27-14-12-25(33)31(27)23-7-3-2-6-22(23)26(34)30(27)17-13-24(32)28-18-20-8-10-21(11-9-20)19-29-15-4-5-16-29/h2-3,6-11H,4-5,12-19H2,1H3,(H,28,32). The van der Waals surface area contributed by atoms with E-state index in [1.54, 1.807) is 21.9 Å². The lowest BCUT2D eigenvalue weighted by atomic mass is 9.98. The zero-order valence-electron chi connectivity index (χ0n) is 19.8. The lowest BCUT2D eigenvalue weighted by Gasteiger charge is -2.48. The number of carbonyl (C=O) groups excluding carboxylic acids is 3. The molecule has 5 rings (SSSR count). The Morgan fingerprint density at radius 1 is 1.00 bits per heavy atom. The molecule has 0 bridgehead atoms. The average molecular weight is 461 g/mol. The Labute approximate surface area is 200 Å². The number of nitrogens with one attached hydrogen (secondary N) is 1.